The number of fused-ring (bicyclic) bond motifs is 4. The highest BCUT2D eigenvalue weighted by molar-refractivity contribution is 6.36. The Morgan fingerprint density at radius 1 is 0.438 bits per heavy atom. The molecule has 0 saturated carbocycles. The van der Waals surface area contributed by atoms with E-state index in [-0.39, 0.29) is 11.8 Å². The highest BCUT2D eigenvalue weighted by Crippen LogP contribution is 2.43. The van der Waals surface area contributed by atoms with E-state index in [9.17, 15) is 9.59 Å². The summed E-state index contributed by atoms with van der Waals surface area (Å²) < 4.78 is 2.12. The SMILES string of the molecule is O=C1c2cccc(-n3c4ccccc4c4c(-c5ccncc5)cccc43)c2C(=O)N1c1ccc(-c2ccccc2)cc1-c1ccccc1. The van der Waals surface area contributed by atoms with Crippen LogP contribution in [0, 0.1) is 0 Å². The van der Waals surface area contributed by atoms with Gasteiger partial charge in [-0.05, 0) is 76.3 Å². The number of imide groups is 1. The Hall–Kier alpha value is -6.59. The van der Waals surface area contributed by atoms with Gasteiger partial charge >= 0.3 is 0 Å². The normalized spacial score (nSPS) is 12.6. The first-order valence-corrected chi connectivity index (χ1v) is 15.9. The van der Waals surface area contributed by atoms with Crippen molar-refractivity contribution in [2.24, 2.45) is 0 Å². The first kappa shape index (κ1) is 27.7. The lowest BCUT2D eigenvalue weighted by Gasteiger charge is -2.20. The lowest BCUT2D eigenvalue weighted by molar-refractivity contribution is 0.0926. The van der Waals surface area contributed by atoms with Crippen LogP contribution in [-0.4, -0.2) is 21.4 Å². The number of pyridine rings is 1. The number of carbonyl (C=O) groups is 2. The molecule has 2 amide bonds. The van der Waals surface area contributed by atoms with Crippen molar-refractivity contribution >= 4 is 39.3 Å². The van der Waals surface area contributed by atoms with Crippen LogP contribution in [0.5, 0.6) is 0 Å². The summed E-state index contributed by atoms with van der Waals surface area (Å²) >= 11 is 0. The predicted octanol–water partition coefficient (Wildman–Crippen LogP) is 9.98. The predicted molar refractivity (Wildman–Crippen MR) is 192 cm³/mol. The number of hydrogen-bond acceptors (Lipinski definition) is 3. The van der Waals surface area contributed by atoms with Crippen LogP contribution in [-0.2, 0) is 0 Å². The molecule has 226 valence electrons. The molecule has 0 fully saturated rings. The zero-order valence-electron chi connectivity index (χ0n) is 25.7. The molecule has 5 heteroatoms. The number of hydrogen-bond donors (Lipinski definition) is 0. The number of nitrogens with zero attached hydrogens (tertiary/aromatic N) is 3. The van der Waals surface area contributed by atoms with Gasteiger partial charge in [0.25, 0.3) is 11.8 Å². The van der Waals surface area contributed by atoms with Gasteiger partial charge in [0.1, 0.15) is 0 Å². The van der Waals surface area contributed by atoms with E-state index in [1.54, 1.807) is 18.5 Å². The maximum atomic E-state index is 14.7. The summed E-state index contributed by atoms with van der Waals surface area (Å²) in [6.07, 6.45) is 3.60. The molecule has 0 saturated heterocycles. The number of amides is 2. The number of anilines is 1. The first-order chi connectivity index (χ1) is 23.7. The summed E-state index contributed by atoms with van der Waals surface area (Å²) in [6.45, 7) is 0. The summed E-state index contributed by atoms with van der Waals surface area (Å²) in [7, 11) is 0. The average molecular weight is 618 g/mol. The molecule has 0 unspecified atom stereocenters. The molecule has 1 aliphatic rings. The van der Waals surface area contributed by atoms with E-state index in [1.165, 1.54) is 4.90 Å². The summed E-state index contributed by atoms with van der Waals surface area (Å²) in [4.78, 5) is 34.6. The van der Waals surface area contributed by atoms with E-state index < -0.39 is 0 Å². The fourth-order valence-corrected chi connectivity index (χ4v) is 7.11. The number of carbonyl (C=O) groups excluding carboxylic acids is 2. The highest BCUT2D eigenvalue weighted by atomic mass is 16.2. The van der Waals surface area contributed by atoms with Crippen molar-refractivity contribution in [3.63, 3.8) is 0 Å². The zero-order valence-corrected chi connectivity index (χ0v) is 25.7. The van der Waals surface area contributed by atoms with Crippen LogP contribution in [0.2, 0.25) is 0 Å². The molecule has 0 atom stereocenters. The van der Waals surface area contributed by atoms with Gasteiger partial charge in [-0.25, -0.2) is 4.90 Å². The Morgan fingerprint density at radius 3 is 1.88 bits per heavy atom. The standard InChI is InChI=1S/C43H27N3O2/c47-42-34-17-10-20-39(45-36-18-8-7-15-33(36)40-32(16-9-19-38(40)45)30-23-25-44-26-24-30)41(34)43(48)46(42)37-22-21-31(28-11-3-1-4-12-28)27-35(37)29-13-5-2-6-14-29/h1-27H. The van der Waals surface area contributed by atoms with Gasteiger partial charge in [-0.2, -0.15) is 0 Å². The van der Waals surface area contributed by atoms with Crippen LogP contribution >= 0.6 is 0 Å². The average Bonchev–Trinajstić information content (AvgIpc) is 3.63. The van der Waals surface area contributed by atoms with Gasteiger partial charge in [0, 0.05) is 28.7 Å². The number of para-hydroxylation sites is 1. The summed E-state index contributed by atoms with van der Waals surface area (Å²) in [5.74, 6) is -0.675. The van der Waals surface area contributed by atoms with E-state index in [0.29, 0.717) is 22.5 Å². The molecule has 48 heavy (non-hydrogen) atoms. The minimum Gasteiger partial charge on any atom is -0.308 e. The molecule has 5 nitrogen and oxygen atoms in total. The quantitative estimate of drug-likeness (QED) is 0.181. The van der Waals surface area contributed by atoms with E-state index in [0.717, 1.165) is 55.2 Å². The molecular formula is C43H27N3O2. The topological polar surface area (TPSA) is 55.2 Å². The van der Waals surface area contributed by atoms with Crippen LogP contribution in [0.1, 0.15) is 20.7 Å². The fraction of sp³-hybridized carbons (Fsp3) is 0. The van der Waals surface area contributed by atoms with Crippen molar-refractivity contribution in [3.8, 4) is 39.1 Å². The van der Waals surface area contributed by atoms with Crippen LogP contribution in [0.4, 0.5) is 5.69 Å². The molecule has 2 aromatic heterocycles. The first-order valence-electron chi connectivity index (χ1n) is 15.9. The fourth-order valence-electron chi connectivity index (χ4n) is 7.11. The Balaban J connectivity index is 1.25. The zero-order chi connectivity index (χ0) is 32.2. The molecule has 0 radical (unpaired) electrons. The molecule has 0 spiro atoms. The maximum Gasteiger partial charge on any atom is 0.268 e. The molecule has 3 heterocycles. The van der Waals surface area contributed by atoms with Gasteiger partial charge in [0.15, 0.2) is 0 Å². The van der Waals surface area contributed by atoms with Crippen LogP contribution in [0.3, 0.4) is 0 Å². The summed E-state index contributed by atoms with van der Waals surface area (Å²) in [5.41, 5.74) is 9.86. The van der Waals surface area contributed by atoms with Crippen molar-refractivity contribution in [3.05, 3.63) is 175 Å². The van der Waals surface area contributed by atoms with E-state index in [4.69, 9.17) is 0 Å². The van der Waals surface area contributed by atoms with Crippen molar-refractivity contribution in [1.29, 1.82) is 0 Å². The number of aromatic nitrogens is 2. The molecular weight excluding hydrogens is 590 g/mol. The molecule has 6 aromatic carbocycles. The van der Waals surface area contributed by atoms with Crippen molar-refractivity contribution in [2.75, 3.05) is 4.90 Å². The molecule has 8 aromatic rings. The number of benzene rings is 6. The van der Waals surface area contributed by atoms with Crippen molar-refractivity contribution < 1.29 is 9.59 Å². The Bertz CT molecular complexity index is 2540. The second-order valence-corrected chi connectivity index (χ2v) is 11.9. The summed E-state index contributed by atoms with van der Waals surface area (Å²) in [5, 5.41) is 2.14. The van der Waals surface area contributed by atoms with Crippen LogP contribution < -0.4 is 4.90 Å². The largest absolute Gasteiger partial charge is 0.308 e. The maximum absolute atomic E-state index is 14.7. The summed E-state index contributed by atoms with van der Waals surface area (Å²) in [6, 6.07) is 50.0. The second-order valence-electron chi connectivity index (χ2n) is 11.9. The second kappa shape index (κ2) is 11.0. The Kier molecular flexibility index (Phi) is 6.37. The smallest absolute Gasteiger partial charge is 0.268 e. The number of rotatable bonds is 5. The van der Waals surface area contributed by atoms with Gasteiger partial charge in [0.2, 0.25) is 0 Å². The van der Waals surface area contributed by atoms with E-state index in [1.807, 2.05) is 103 Å². The van der Waals surface area contributed by atoms with Gasteiger partial charge in [0.05, 0.1) is 33.5 Å². The molecule has 9 rings (SSSR count). The minimum absolute atomic E-state index is 0.334. The van der Waals surface area contributed by atoms with Crippen LogP contribution in [0.25, 0.3) is 60.9 Å². The Labute approximate surface area is 277 Å². The van der Waals surface area contributed by atoms with Crippen molar-refractivity contribution in [2.45, 2.75) is 0 Å². The third kappa shape index (κ3) is 4.22. The van der Waals surface area contributed by atoms with Crippen molar-refractivity contribution in [1.82, 2.24) is 9.55 Å². The lowest BCUT2D eigenvalue weighted by Crippen LogP contribution is -2.30. The lowest BCUT2D eigenvalue weighted by atomic mass is 9.97. The molecule has 1 aliphatic heterocycles. The minimum atomic E-state index is -0.341. The van der Waals surface area contributed by atoms with Gasteiger partial charge in [-0.15, -0.1) is 0 Å². The van der Waals surface area contributed by atoms with E-state index >= 15 is 0 Å². The van der Waals surface area contributed by atoms with Gasteiger partial charge in [-0.1, -0.05) is 103 Å². The van der Waals surface area contributed by atoms with E-state index in [2.05, 4.69) is 52.0 Å². The third-order valence-electron chi connectivity index (χ3n) is 9.25. The molecule has 0 N–H and O–H groups in total. The monoisotopic (exact) mass is 617 g/mol. The van der Waals surface area contributed by atoms with Gasteiger partial charge < -0.3 is 4.57 Å². The highest BCUT2D eigenvalue weighted by Gasteiger charge is 2.40. The Morgan fingerprint density at radius 2 is 1.08 bits per heavy atom. The van der Waals surface area contributed by atoms with Crippen LogP contribution in [0.15, 0.2) is 164 Å². The molecule has 0 bridgehead atoms. The third-order valence-corrected chi connectivity index (χ3v) is 9.25. The molecule has 0 aliphatic carbocycles. The van der Waals surface area contributed by atoms with Gasteiger partial charge in [-0.3, -0.25) is 14.6 Å².